The van der Waals surface area contributed by atoms with Crippen molar-refractivity contribution in [3.63, 3.8) is 0 Å². The van der Waals surface area contributed by atoms with Crippen LogP contribution in [0.4, 0.5) is 0 Å². The normalized spacial score (nSPS) is 12.2. The molecule has 0 unspecified atom stereocenters. The minimum Gasteiger partial charge on any atom is -0.477 e. The first kappa shape index (κ1) is 14.4. The van der Waals surface area contributed by atoms with E-state index < -0.39 is 5.97 Å². The summed E-state index contributed by atoms with van der Waals surface area (Å²) >= 11 is 1.34. The molecule has 0 amide bonds. The third-order valence-electron chi connectivity index (χ3n) is 4.89. The SMILES string of the molecule is O=C(O)c1cc2ccc(-c3cccc4c3Cc3ccccc3-4)cc2s1. The molecular formula is C22H14O2S. The summed E-state index contributed by atoms with van der Waals surface area (Å²) in [7, 11) is 0. The first-order valence-electron chi connectivity index (χ1n) is 8.18. The predicted molar refractivity (Wildman–Crippen MR) is 102 cm³/mol. The average Bonchev–Trinajstić information content (AvgIpc) is 3.22. The molecule has 0 aliphatic heterocycles. The van der Waals surface area contributed by atoms with E-state index >= 15 is 0 Å². The Balaban J connectivity index is 1.68. The maximum absolute atomic E-state index is 11.2. The van der Waals surface area contributed by atoms with Crippen LogP contribution in [0.3, 0.4) is 0 Å². The van der Waals surface area contributed by atoms with E-state index in [1.54, 1.807) is 6.07 Å². The largest absolute Gasteiger partial charge is 0.477 e. The number of hydrogen-bond acceptors (Lipinski definition) is 2. The lowest BCUT2D eigenvalue weighted by atomic mass is 9.95. The van der Waals surface area contributed by atoms with E-state index in [-0.39, 0.29) is 0 Å². The van der Waals surface area contributed by atoms with Crippen LogP contribution in [0.2, 0.25) is 0 Å². The van der Waals surface area contributed by atoms with Gasteiger partial charge in [0, 0.05) is 4.70 Å². The van der Waals surface area contributed by atoms with Gasteiger partial charge in [0.1, 0.15) is 4.88 Å². The molecule has 1 aromatic heterocycles. The molecule has 1 aliphatic rings. The topological polar surface area (TPSA) is 37.3 Å². The van der Waals surface area contributed by atoms with Gasteiger partial charge >= 0.3 is 5.97 Å². The second-order valence-corrected chi connectivity index (χ2v) is 7.42. The molecule has 0 fully saturated rings. The van der Waals surface area contributed by atoms with Gasteiger partial charge in [0.2, 0.25) is 0 Å². The fourth-order valence-corrected chi connectivity index (χ4v) is 4.67. The molecule has 5 rings (SSSR count). The highest BCUT2D eigenvalue weighted by atomic mass is 32.1. The number of thiophene rings is 1. The summed E-state index contributed by atoms with van der Waals surface area (Å²) in [4.78, 5) is 11.6. The van der Waals surface area contributed by atoms with Crippen molar-refractivity contribution in [3.05, 3.63) is 82.7 Å². The Hall–Kier alpha value is -2.91. The maximum Gasteiger partial charge on any atom is 0.345 e. The highest BCUT2D eigenvalue weighted by Crippen LogP contribution is 2.42. The number of carboxylic acid groups (broad SMARTS) is 1. The molecule has 1 heterocycles. The predicted octanol–water partition coefficient (Wildman–Crippen LogP) is 5.84. The fraction of sp³-hybridized carbons (Fsp3) is 0.0455. The van der Waals surface area contributed by atoms with Gasteiger partial charge in [-0.15, -0.1) is 11.3 Å². The Morgan fingerprint density at radius 3 is 2.56 bits per heavy atom. The Morgan fingerprint density at radius 2 is 1.68 bits per heavy atom. The van der Waals surface area contributed by atoms with E-state index in [0.29, 0.717) is 4.88 Å². The van der Waals surface area contributed by atoms with Crippen molar-refractivity contribution in [2.75, 3.05) is 0 Å². The van der Waals surface area contributed by atoms with Crippen molar-refractivity contribution < 1.29 is 9.90 Å². The van der Waals surface area contributed by atoms with Gasteiger partial charge in [0.05, 0.1) is 0 Å². The van der Waals surface area contributed by atoms with Crippen LogP contribution in [-0.4, -0.2) is 11.1 Å². The molecule has 3 aromatic carbocycles. The molecule has 2 nitrogen and oxygen atoms in total. The molecule has 0 atom stereocenters. The number of benzene rings is 3. The lowest BCUT2D eigenvalue weighted by Gasteiger charge is -2.09. The van der Waals surface area contributed by atoms with Gasteiger partial charge in [-0.05, 0) is 57.3 Å². The van der Waals surface area contributed by atoms with Crippen LogP contribution in [-0.2, 0) is 6.42 Å². The monoisotopic (exact) mass is 342 g/mol. The molecule has 4 aromatic rings. The highest BCUT2D eigenvalue weighted by Gasteiger charge is 2.21. The van der Waals surface area contributed by atoms with Crippen LogP contribution in [0, 0.1) is 0 Å². The van der Waals surface area contributed by atoms with Crippen molar-refractivity contribution >= 4 is 27.4 Å². The van der Waals surface area contributed by atoms with Crippen LogP contribution in [0.15, 0.2) is 66.7 Å². The van der Waals surface area contributed by atoms with E-state index in [4.69, 9.17) is 0 Å². The summed E-state index contributed by atoms with van der Waals surface area (Å²) in [6.07, 6.45) is 0.949. The smallest absolute Gasteiger partial charge is 0.345 e. The number of carbonyl (C=O) groups is 1. The molecule has 1 N–H and O–H groups in total. The lowest BCUT2D eigenvalue weighted by molar-refractivity contribution is 0.0702. The van der Waals surface area contributed by atoms with E-state index in [9.17, 15) is 9.90 Å². The quantitative estimate of drug-likeness (QED) is 0.438. The van der Waals surface area contributed by atoms with Crippen molar-refractivity contribution in [1.82, 2.24) is 0 Å². The van der Waals surface area contributed by atoms with Crippen LogP contribution >= 0.6 is 11.3 Å². The first-order chi connectivity index (χ1) is 12.2. The number of aromatic carboxylic acids is 1. The summed E-state index contributed by atoms with van der Waals surface area (Å²) in [6, 6.07) is 23.0. The molecule has 0 saturated heterocycles. The van der Waals surface area contributed by atoms with Gasteiger partial charge in [0.15, 0.2) is 0 Å². The second-order valence-electron chi connectivity index (χ2n) is 6.33. The first-order valence-corrected chi connectivity index (χ1v) is 9.00. The van der Waals surface area contributed by atoms with E-state index in [1.807, 2.05) is 6.07 Å². The number of carboxylic acids is 1. The Kier molecular flexibility index (Phi) is 3.06. The second kappa shape index (κ2) is 5.30. The molecule has 25 heavy (non-hydrogen) atoms. The minimum absolute atomic E-state index is 0.387. The zero-order chi connectivity index (χ0) is 17.0. The Morgan fingerprint density at radius 1 is 0.880 bits per heavy atom. The van der Waals surface area contributed by atoms with Crippen molar-refractivity contribution in [1.29, 1.82) is 0 Å². The minimum atomic E-state index is -0.862. The zero-order valence-electron chi connectivity index (χ0n) is 13.3. The number of rotatable bonds is 2. The zero-order valence-corrected chi connectivity index (χ0v) is 14.1. The van der Waals surface area contributed by atoms with Crippen LogP contribution in [0.25, 0.3) is 32.3 Å². The third-order valence-corrected chi connectivity index (χ3v) is 5.98. The Bertz CT molecular complexity index is 1150. The van der Waals surface area contributed by atoms with Crippen LogP contribution < -0.4 is 0 Å². The summed E-state index contributed by atoms with van der Waals surface area (Å²) < 4.78 is 1.02. The fourth-order valence-electron chi connectivity index (χ4n) is 3.73. The van der Waals surface area contributed by atoms with Gasteiger partial charge in [0.25, 0.3) is 0 Å². The summed E-state index contributed by atoms with van der Waals surface area (Å²) in [5.74, 6) is -0.862. The maximum atomic E-state index is 11.2. The summed E-state index contributed by atoms with van der Waals surface area (Å²) in [5, 5.41) is 10.2. The van der Waals surface area contributed by atoms with Gasteiger partial charge in [-0.3, -0.25) is 0 Å². The van der Waals surface area contributed by atoms with Crippen molar-refractivity contribution in [3.8, 4) is 22.3 Å². The molecule has 1 aliphatic carbocycles. The van der Waals surface area contributed by atoms with E-state index in [0.717, 1.165) is 22.1 Å². The molecule has 0 saturated carbocycles. The van der Waals surface area contributed by atoms with Gasteiger partial charge in [-0.1, -0.05) is 54.6 Å². The van der Waals surface area contributed by atoms with Crippen molar-refractivity contribution in [2.24, 2.45) is 0 Å². The highest BCUT2D eigenvalue weighted by molar-refractivity contribution is 7.20. The standard InChI is InChI=1S/C22H14O2S/c23-22(24)21-12-15-9-8-14(11-20(15)25-21)17-6-3-7-18-16-5-2-1-4-13(16)10-19(17)18/h1-9,11-12H,10H2,(H,23,24). The molecule has 0 bridgehead atoms. The third kappa shape index (κ3) is 2.20. The molecule has 3 heteroatoms. The van der Waals surface area contributed by atoms with Crippen molar-refractivity contribution in [2.45, 2.75) is 6.42 Å². The number of fused-ring (bicyclic) bond motifs is 4. The summed E-state index contributed by atoms with van der Waals surface area (Å²) in [6.45, 7) is 0. The van der Waals surface area contributed by atoms with Crippen LogP contribution in [0.1, 0.15) is 20.8 Å². The van der Waals surface area contributed by atoms with Gasteiger partial charge < -0.3 is 5.11 Å². The van der Waals surface area contributed by atoms with Crippen LogP contribution in [0.5, 0.6) is 0 Å². The van der Waals surface area contributed by atoms with E-state index in [1.165, 1.54) is 39.2 Å². The lowest BCUT2D eigenvalue weighted by Crippen LogP contribution is -1.89. The van der Waals surface area contributed by atoms with Gasteiger partial charge in [-0.25, -0.2) is 4.79 Å². The molecule has 0 radical (unpaired) electrons. The summed E-state index contributed by atoms with van der Waals surface area (Å²) in [5.41, 5.74) is 7.75. The van der Waals surface area contributed by atoms with E-state index in [2.05, 4.69) is 54.6 Å². The number of hydrogen-bond donors (Lipinski definition) is 1. The molecule has 0 spiro atoms. The average molecular weight is 342 g/mol. The Labute approximate surface area is 149 Å². The molecule has 120 valence electrons. The van der Waals surface area contributed by atoms with Gasteiger partial charge in [-0.2, -0.15) is 0 Å². The molecular weight excluding hydrogens is 328 g/mol.